The van der Waals surface area contributed by atoms with Crippen molar-refractivity contribution in [2.45, 2.75) is 44.7 Å². The third-order valence-corrected chi connectivity index (χ3v) is 8.04. The molecule has 2 N–H and O–H groups in total. The molecule has 0 radical (unpaired) electrons. The Balaban J connectivity index is 1.30. The van der Waals surface area contributed by atoms with Crippen molar-refractivity contribution >= 4 is 44.3 Å². The maximum absolute atomic E-state index is 13.3. The van der Waals surface area contributed by atoms with Gasteiger partial charge in [0.05, 0.1) is 33.3 Å². The van der Waals surface area contributed by atoms with Crippen LogP contribution in [0.1, 0.15) is 51.4 Å². The summed E-state index contributed by atoms with van der Waals surface area (Å²) in [6, 6.07) is 9.75. The van der Waals surface area contributed by atoms with Crippen molar-refractivity contribution < 1.29 is 19.1 Å². The third-order valence-electron chi connectivity index (χ3n) is 6.91. The van der Waals surface area contributed by atoms with Crippen LogP contribution < -0.4 is 10.1 Å². The lowest BCUT2D eigenvalue weighted by Crippen LogP contribution is -2.37. The molecule has 1 saturated carbocycles. The van der Waals surface area contributed by atoms with Crippen LogP contribution in [0.3, 0.4) is 0 Å². The Bertz CT molecular complexity index is 1470. The van der Waals surface area contributed by atoms with E-state index in [-0.39, 0.29) is 23.9 Å². The Morgan fingerprint density at radius 2 is 2.08 bits per heavy atom. The van der Waals surface area contributed by atoms with E-state index >= 15 is 0 Å². The molecule has 2 aliphatic rings. The van der Waals surface area contributed by atoms with Crippen LogP contribution in [0.25, 0.3) is 21.1 Å². The summed E-state index contributed by atoms with van der Waals surface area (Å²) in [6.07, 6.45) is 5.71. The van der Waals surface area contributed by atoms with Gasteiger partial charge >= 0.3 is 0 Å². The molecule has 9 heteroatoms. The van der Waals surface area contributed by atoms with Crippen molar-refractivity contribution in [3.8, 4) is 11.5 Å². The largest absolute Gasteiger partial charge is 0.456 e. The van der Waals surface area contributed by atoms with Crippen LogP contribution in [-0.4, -0.2) is 59.0 Å². The van der Waals surface area contributed by atoms with Crippen LogP contribution in [0.2, 0.25) is 0 Å². The van der Waals surface area contributed by atoms with Crippen LogP contribution in [0.4, 0.5) is 0 Å². The minimum absolute atomic E-state index is 0.0130. The second-order valence-corrected chi connectivity index (χ2v) is 10.6. The number of pyridine rings is 1. The zero-order valence-electron chi connectivity index (χ0n) is 20.3. The maximum Gasteiger partial charge on any atom is 0.264 e. The molecule has 2 fully saturated rings. The molecule has 0 unspecified atom stereocenters. The SMILES string of the molecule is COC[C@H]1CCCN1C(=O)c1cc2nccc(Oc3ccc4[nH]c(C)c(C(=O)NC5CC5)c4c3)c2s1. The molecular formula is C27H28N4O4S. The number of aromatic amines is 1. The molecule has 1 atom stereocenters. The Labute approximate surface area is 212 Å². The molecule has 6 rings (SSSR count). The fourth-order valence-corrected chi connectivity index (χ4v) is 6.01. The molecule has 1 aromatic carbocycles. The first-order chi connectivity index (χ1) is 17.5. The number of amides is 2. The lowest BCUT2D eigenvalue weighted by atomic mass is 10.1. The number of H-pyrrole nitrogens is 1. The first-order valence-corrected chi connectivity index (χ1v) is 13.1. The summed E-state index contributed by atoms with van der Waals surface area (Å²) < 4.78 is 12.4. The van der Waals surface area contributed by atoms with Gasteiger partial charge in [-0.2, -0.15) is 0 Å². The van der Waals surface area contributed by atoms with Crippen molar-refractivity contribution in [3.63, 3.8) is 0 Å². The van der Waals surface area contributed by atoms with E-state index in [1.54, 1.807) is 13.3 Å². The summed E-state index contributed by atoms with van der Waals surface area (Å²) in [5.41, 5.74) is 3.11. The average molecular weight is 505 g/mol. The number of fused-ring (bicyclic) bond motifs is 2. The molecule has 4 heterocycles. The molecule has 0 bridgehead atoms. The number of benzene rings is 1. The van der Waals surface area contributed by atoms with Gasteiger partial charge < -0.3 is 24.7 Å². The lowest BCUT2D eigenvalue weighted by molar-refractivity contribution is 0.0635. The van der Waals surface area contributed by atoms with Crippen LogP contribution in [0.15, 0.2) is 36.5 Å². The van der Waals surface area contributed by atoms with Gasteiger partial charge in [0.15, 0.2) is 0 Å². The van der Waals surface area contributed by atoms with E-state index in [1.807, 2.05) is 42.2 Å². The fourth-order valence-electron chi connectivity index (χ4n) is 4.98. The first kappa shape index (κ1) is 23.0. The number of hydrogen-bond donors (Lipinski definition) is 2. The van der Waals surface area contributed by atoms with Crippen molar-refractivity contribution in [2.75, 3.05) is 20.3 Å². The number of ether oxygens (including phenoxy) is 2. The number of carbonyl (C=O) groups excluding carboxylic acids is 2. The number of aromatic nitrogens is 2. The third kappa shape index (κ3) is 4.22. The number of methoxy groups -OCH3 is 1. The molecular weight excluding hydrogens is 476 g/mol. The molecule has 1 aliphatic carbocycles. The predicted octanol–water partition coefficient (Wildman–Crippen LogP) is 5.02. The van der Waals surface area contributed by atoms with E-state index in [0.29, 0.717) is 28.5 Å². The smallest absolute Gasteiger partial charge is 0.264 e. The maximum atomic E-state index is 13.3. The standard InChI is InChI=1S/C27H28N4O4S/c1-15-24(26(32)30-16-5-6-16)19-12-18(7-8-20(19)29-15)35-22-9-10-28-21-13-23(36-25(21)22)27(33)31-11-3-4-17(31)14-34-2/h7-10,12-13,16-17,29H,3-6,11,14H2,1-2H3,(H,30,32)/t17-/m1/s1. The molecule has 1 aliphatic heterocycles. The normalized spacial score (nSPS) is 17.7. The van der Waals surface area contributed by atoms with Crippen LogP contribution in [-0.2, 0) is 4.74 Å². The molecule has 2 amide bonds. The van der Waals surface area contributed by atoms with E-state index in [0.717, 1.165) is 59.0 Å². The van der Waals surface area contributed by atoms with E-state index < -0.39 is 0 Å². The zero-order valence-corrected chi connectivity index (χ0v) is 21.1. The Kier molecular flexibility index (Phi) is 5.89. The summed E-state index contributed by atoms with van der Waals surface area (Å²) >= 11 is 1.40. The number of aryl methyl sites for hydroxylation is 1. The van der Waals surface area contributed by atoms with E-state index in [4.69, 9.17) is 9.47 Å². The Morgan fingerprint density at radius 1 is 1.22 bits per heavy atom. The quantitative estimate of drug-likeness (QED) is 0.368. The average Bonchev–Trinajstić information content (AvgIpc) is 3.25. The van der Waals surface area contributed by atoms with Crippen LogP contribution in [0, 0.1) is 6.92 Å². The molecule has 4 aromatic rings. The monoisotopic (exact) mass is 504 g/mol. The van der Waals surface area contributed by atoms with Gasteiger partial charge in [0.1, 0.15) is 11.5 Å². The van der Waals surface area contributed by atoms with Crippen LogP contribution in [0.5, 0.6) is 11.5 Å². The summed E-state index contributed by atoms with van der Waals surface area (Å²) in [5, 5.41) is 3.91. The Hall–Kier alpha value is -3.43. The number of rotatable bonds is 7. The predicted molar refractivity (Wildman–Crippen MR) is 139 cm³/mol. The van der Waals surface area contributed by atoms with Gasteiger partial charge in [-0.05, 0) is 56.9 Å². The highest BCUT2D eigenvalue weighted by molar-refractivity contribution is 7.21. The topological polar surface area (TPSA) is 96.5 Å². The number of thiophene rings is 1. The summed E-state index contributed by atoms with van der Waals surface area (Å²) in [6.45, 7) is 3.20. The van der Waals surface area contributed by atoms with E-state index in [2.05, 4.69) is 15.3 Å². The number of nitrogens with one attached hydrogen (secondary N) is 2. The van der Waals surface area contributed by atoms with Gasteiger partial charge in [0.25, 0.3) is 11.8 Å². The minimum Gasteiger partial charge on any atom is -0.456 e. The number of likely N-dealkylation sites (tertiary alicyclic amines) is 1. The number of carbonyl (C=O) groups is 2. The molecule has 8 nitrogen and oxygen atoms in total. The van der Waals surface area contributed by atoms with Gasteiger partial charge in [-0.3, -0.25) is 14.6 Å². The molecule has 186 valence electrons. The van der Waals surface area contributed by atoms with Gasteiger partial charge in [0, 0.05) is 48.6 Å². The zero-order chi connectivity index (χ0) is 24.8. The molecule has 36 heavy (non-hydrogen) atoms. The highest BCUT2D eigenvalue weighted by Crippen LogP contribution is 2.37. The van der Waals surface area contributed by atoms with Gasteiger partial charge in [0.2, 0.25) is 0 Å². The highest BCUT2D eigenvalue weighted by atomic mass is 32.1. The lowest BCUT2D eigenvalue weighted by Gasteiger charge is -2.23. The first-order valence-electron chi connectivity index (χ1n) is 12.3. The summed E-state index contributed by atoms with van der Waals surface area (Å²) in [4.78, 5) is 36.5. The van der Waals surface area contributed by atoms with E-state index in [9.17, 15) is 9.59 Å². The fraction of sp³-hybridized carbons (Fsp3) is 0.370. The minimum atomic E-state index is -0.0557. The Morgan fingerprint density at radius 3 is 2.89 bits per heavy atom. The van der Waals surface area contributed by atoms with Gasteiger partial charge in [-0.15, -0.1) is 11.3 Å². The number of hydrogen-bond acceptors (Lipinski definition) is 6. The second-order valence-electron chi connectivity index (χ2n) is 9.57. The molecule has 0 spiro atoms. The molecule has 3 aromatic heterocycles. The summed E-state index contributed by atoms with van der Waals surface area (Å²) in [7, 11) is 1.67. The van der Waals surface area contributed by atoms with E-state index in [1.165, 1.54) is 11.3 Å². The van der Waals surface area contributed by atoms with Crippen molar-refractivity contribution in [1.82, 2.24) is 20.2 Å². The van der Waals surface area contributed by atoms with Crippen molar-refractivity contribution in [3.05, 3.63) is 52.7 Å². The second kappa shape index (κ2) is 9.22. The van der Waals surface area contributed by atoms with Gasteiger partial charge in [-0.1, -0.05) is 0 Å². The van der Waals surface area contributed by atoms with Crippen molar-refractivity contribution in [2.24, 2.45) is 0 Å². The van der Waals surface area contributed by atoms with Gasteiger partial charge in [-0.25, -0.2) is 0 Å². The van der Waals surface area contributed by atoms with Crippen LogP contribution >= 0.6 is 11.3 Å². The highest BCUT2D eigenvalue weighted by Gasteiger charge is 2.31. The summed E-state index contributed by atoms with van der Waals surface area (Å²) in [5.74, 6) is 1.21. The van der Waals surface area contributed by atoms with Crippen molar-refractivity contribution in [1.29, 1.82) is 0 Å². The number of nitrogens with zero attached hydrogens (tertiary/aromatic N) is 2. The molecule has 1 saturated heterocycles.